The lowest BCUT2D eigenvalue weighted by Gasteiger charge is -2.22. The molecule has 1 unspecified atom stereocenters. The van der Waals surface area contributed by atoms with Gasteiger partial charge in [-0.15, -0.1) is 0 Å². The van der Waals surface area contributed by atoms with Crippen LogP contribution in [-0.2, 0) is 14.2 Å². The molecule has 0 bridgehead atoms. The summed E-state index contributed by atoms with van der Waals surface area (Å²) in [6.45, 7) is 9.33. The van der Waals surface area contributed by atoms with Gasteiger partial charge < -0.3 is 29.7 Å². The summed E-state index contributed by atoms with van der Waals surface area (Å²) in [4.78, 5) is 1.99. The van der Waals surface area contributed by atoms with Gasteiger partial charge in [-0.2, -0.15) is 0 Å². The Hall–Kier alpha value is -1.03. The molecule has 0 aromatic rings. The Morgan fingerprint density at radius 1 is 0.537 bits per heavy atom. The topological polar surface area (TPSA) is 83.4 Å². The van der Waals surface area contributed by atoms with Gasteiger partial charge in [-0.25, -0.2) is 0 Å². The minimum absolute atomic E-state index is 0.0637. The molecule has 0 aliphatic heterocycles. The molecule has 0 fully saturated rings. The summed E-state index contributed by atoms with van der Waals surface area (Å²) in [7, 11) is 0. The van der Waals surface area contributed by atoms with Crippen molar-refractivity contribution in [1.82, 2.24) is 10.2 Å². The van der Waals surface area contributed by atoms with Crippen LogP contribution in [0.5, 0.6) is 0 Å². The number of unbranched alkanes of at least 4 members (excludes halogenated alkanes) is 24. The fourth-order valence-electron chi connectivity index (χ4n) is 6.56. The van der Waals surface area contributed by atoms with Crippen molar-refractivity contribution in [2.75, 3.05) is 65.8 Å². The van der Waals surface area contributed by atoms with Crippen molar-refractivity contribution in [2.45, 2.75) is 200 Å². The molecule has 3 N–H and O–H groups in total. The molecular weight excluding hydrogens is 693 g/mol. The van der Waals surface area contributed by atoms with Gasteiger partial charge in [0.1, 0.15) is 12.7 Å². The third-order valence-electron chi connectivity index (χ3n) is 10.0. The van der Waals surface area contributed by atoms with Crippen LogP contribution in [0.15, 0.2) is 24.3 Å². The Balaban J connectivity index is 4.15. The summed E-state index contributed by atoms with van der Waals surface area (Å²) >= 11 is 5.42. The van der Waals surface area contributed by atoms with Crippen molar-refractivity contribution in [3.8, 4) is 0 Å². The van der Waals surface area contributed by atoms with Crippen LogP contribution in [0, 0.1) is 0 Å². The zero-order valence-electron chi connectivity index (χ0n) is 35.7. The van der Waals surface area contributed by atoms with Gasteiger partial charge in [0.25, 0.3) is 5.17 Å². The van der Waals surface area contributed by atoms with E-state index in [1.165, 1.54) is 167 Å². The zero-order chi connectivity index (χ0) is 39.3. The highest BCUT2D eigenvalue weighted by Crippen LogP contribution is 2.12. The molecule has 320 valence electrons. The molecule has 0 aliphatic carbocycles. The predicted octanol–water partition coefficient (Wildman–Crippen LogP) is 11.6. The lowest BCUT2D eigenvalue weighted by Crippen LogP contribution is -2.39. The largest absolute Gasteiger partial charge is 0.468 e. The molecule has 54 heavy (non-hydrogen) atoms. The van der Waals surface area contributed by atoms with E-state index in [1.54, 1.807) is 0 Å². The molecule has 0 amide bonds. The molecular formula is C46H90N2O5S. The maximum Gasteiger partial charge on any atom is 0.256 e. The van der Waals surface area contributed by atoms with E-state index in [9.17, 15) is 10.2 Å². The lowest BCUT2D eigenvalue weighted by molar-refractivity contribution is -0.0412. The van der Waals surface area contributed by atoms with E-state index in [0.717, 1.165) is 19.4 Å². The summed E-state index contributed by atoms with van der Waals surface area (Å²) in [5, 5.41) is 21.9. The highest BCUT2D eigenvalue weighted by Gasteiger charge is 2.12. The summed E-state index contributed by atoms with van der Waals surface area (Å²) in [6, 6.07) is 0. The van der Waals surface area contributed by atoms with Crippen LogP contribution in [0.1, 0.15) is 194 Å². The number of aliphatic hydroxyl groups is 2. The first-order valence-electron chi connectivity index (χ1n) is 23.0. The second kappa shape index (κ2) is 46.4. The van der Waals surface area contributed by atoms with E-state index in [-0.39, 0.29) is 19.3 Å². The van der Waals surface area contributed by atoms with E-state index in [0.29, 0.717) is 51.2 Å². The smallest absolute Gasteiger partial charge is 0.256 e. The van der Waals surface area contributed by atoms with Gasteiger partial charge in [0, 0.05) is 39.4 Å². The Bertz CT molecular complexity index is 793. The molecule has 0 heterocycles. The Labute approximate surface area is 340 Å². The second-order valence-corrected chi connectivity index (χ2v) is 15.6. The second-order valence-electron chi connectivity index (χ2n) is 15.3. The number of allylic oxidation sites excluding steroid dienone is 4. The zero-order valence-corrected chi connectivity index (χ0v) is 36.5. The number of aliphatic hydroxyl groups excluding tert-OH is 2. The number of nitrogens with one attached hydrogen (secondary N) is 1. The molecule has 0 rings (SSSR count). The molecule has 0 radical (unpaired) electrons. The van der Waals surface area contributed by atoms with E-state index in [4.69, 9.17) is 26.4 Å². The number of thiocarbonyl (C=S) groups is 1. The van der Waals surface area contributed by atoms with Gasteiger partial charge in [-0.1, -0.05) is 154 Å². The molecule has 0 spiro atoms. The van der Waals surface area contributed by atoms with Gasteiger partial charge in [0.2, 0.25) is 0 Å². The molecule has 7 nitrogen and oxygen atoms in total. The minimum Gasteiger partial charge on any atom is -0.468 e. The van der Waals surface area contributed by atoms with Crippen LogP contribution in [0.3, 0.4) is 0 Å². The van der Waals surface area contributed by atoms with Gasteiger partial charge in [0.05, 0.1) is 19.8 Å². The van der Waals surface area contributed by atoms with E-state index >= 15 is 0 Å². The number of hydrogen-bond donors (Lipinski definition) is 3. The quantitative estimate of drug-likeness (QED) is 0.0320. The van der Waals surface area contributed by atoms with Crippen LogP contribution in [0.25, 0.3) is 0 Å². The van der Waals surface area contributed by atoms with Crippen molar-refractivity contribution in [2.24, 2.45) is 0 Å². The summed E-state index contributed by atoms with van der Waals surface area (Å²) in [5.74, 6) is 0. The molecule has 0 saturated carbocycles. The van der Waals surface area contributed by atoms with Gasteiger partial charge in [-0.3, -0.25) is 4.90 Å². The summed E-state index contributed by atoms with van der Waals surface area (Å²) in [5.41, 5.74) is 0. The van der Waals surface area contributed by atoms with Gasteiger partial charge in [-0.05, 0) is 76.4 Å². The van der Waals surface area contributed by atoms with Gasteiger partial charge >= 0.3 is 0 Å². The highest BCUT2D eigenvalue weighted by atomic mass is 32.1. The van der Waals surface area contributed by atoms with Crippen LogP contribution < -0.4 is 5.32 Å². The maximum atomic E-state index is 9.23. The number of ether oxygens (including phenoxy) is 3. The SMILES string of the molecule is CCCCCCCC/C=C\CCCCCCCCOCC(COC(=S)NCCN(CCO)CCO)OCCCCCCCC/C=C\CCCCCCCC. The Morgan fingerprint density at radius 2 is 0.944 bits per heavy atom. The molecule has 8 heteroatoms. The highest BCUT2D eigenvalue weighted by molar-refractivity contribution is 7.80. The first kappa shape index (κ1) is 53.0. The van der Waals surface area contributed by atoms with Crippen LogP contribution >= 0.6 is 12.2 Å². The van der Waals surface area contributed by atoms with Crippen molar-refractivity contribution in [3.05, 3.63) is 24.3 Å². The van der Waals surface area contributed by atoms with Crippen LogP contribution in [-0.4, -0.2) is 92.2 Å². The van der Waals surface area contributed by atoms with E-state index in [2.05, 4.69) is 43.5 Å². The van der Waals surface area contributed by atoms with E-state index in [1.807, 2.05) is 4.90 Å². The number of nitrogens with zero attached hydrogens (tertiary/aromatic N) is 1. The fourth-order valence-corrected chi connectivity index (χ4v) is 6.73. The standard InChI is InChI=1S/C46H90N2O5S/c1-3-5-7-9-11-13-15-17-19-21-23-25-27-29-31-33-41-51-43-45(44-53-46(54)47-35-36-48(37-39-49)38-40-50)52-42-34-32-30-28-26-24-22-20-18-16-14-12-10-8-6-4-2/h17-20,45,49-50H,3-16,21-44H2,1-2H3,(H,47,54)/b19-17-,20-18-. The average Bonchev–Trinajstić information content (AvgIpc) is 3.17. The molecule has 0 saturated heterocycles. The molecule has 0 aromatic carbocycles. The Kier molecular flexibility index (Phi) is 45.5. The molecule has 1 atom stereocenters. The summed E-state index contributed by atoms with van der Waals surface area (Å²) < 4.78 is 18.2. The molecule has 0 aliphatic rings. The third-order valence-corrected chi connectivity index (χ3v) is 10.3. The number of hydrogen-bond acceptors (Lipinski definition) is 7. The first-order valence-corrected chi connectivity index (χ1v) is 23.4. The average molecular weight is 783 g/mol. The lowest BCUT2D eigenvalue weighted by atomic mass is 10.1. The normalized spacial score (nSPS) is 12.5. The third kappa shape index (κ3) is 42.1. The minimum atomic E-state index is -0.151. The van der Waals surface area contributed by atoms with Crippen molar-refractivity contribution in [3.63, 3.8) is 0 Å². The first-order chi connectivity index (χ1) is 26.7. The summed E-state index contributed by atoms with van der Waals surface area (Å²) in [6.07, 6.45) is 45.8. The predicted molar refractivity (Wildman–Crippen MR) is 237 cm³/mol. The van der Waals surface area contributed by atoms with Crippen LogP contribution in [0.4, 0.5) is 0 Å². The fraction of sp³-hybridized carbons (Fsp3) is 0.891. The molecule has 0 aromatic heterocycles. The number of rotatable bonds is 44. The van der Waals surface area contributed by atoms with Crippen molar-refractivity contribution in [1.29, 1.82) is 0 Å². The maximum absolute atomic E-state index is 9.23. The van der Waals surface area contributed by atoms with E-state index < -0.39 is 0 Å². The van der Waals surface area contributed by atoms with Crippen LogP contribution in [0.2, 0.25) is 0 Å². The van der Waals surface area contributed by atoms with Crippen molar-refractivity contribution < 1.29 is 24.4 Å². The Morgan fingerprint density at radius 3 is 1.39 bits per heavy atom. The van der Waals surface area contributed by atoms with Crippen molar-refractivity contribution >= 4 is 17.4 Å². The monoisotopic (exact) mass is 783 g/mol. The van der Waals surface area contributed by atoms with Gasteiger partial charge in [0.15, 0.2) is 0 Å².